The SMILES string of the molecule is Cc1[nH]c(C(=O)O)c(C)c1C(=O)Nc1cnc(Br)cn1. The van der Waals surface area contributed by atoms with E-state index in [2.05, 4.69) is 36.2 Å². The highest BCUT2D eigenvalue weighted by atomic mass is 79.9. The van der Waals surface area contributed by atoms with E-state index < -0.39 is 11.9 Å². The summed E-state index contributed by atoms with van der Waals surface area (Å²) >= 11 is 3.14. The maximum Gasteiger partial charge on any atom is 0.352 e. The lowest BCUT2D eigenvalue weighted by molar-refractivity contribution is 0.0690. The summed E-state index contributed by atoms with van der Waals surface area (Å²) in [6.45, 7) is 3.22. The minimum atomic E-state index is -1.10. The van der Waals surface area contributed by atoms with Crippen LogP contribution >= 0.6 is 15.9 Å². The van der Waals surface area contributed by atoms with Gasteiger partial charge >= 0.3 is 5.97 Å². The van der Waals surface area contributed by atoms with E-state index in [1.807, 2.05) is 0 Å². The molecule has 0 saturated heterocycles. The largest absolute Gasteiger partial charge is 0.477 e. The number of carbonyl (C=O) groups excluding carboxylic acids is 1. The normalized spacial score (nSPS) is 10.3. The van der Waals surface area contributed by atoms with Crippen LogP contribution in [0.5, 0.6) is 0 Å². The maximum absolute atomic E-state index is 12.2. The van der Waals surface area contributed by atoms with Crippen LogP contribution in [0.3, 0.4) is 0 Å². The van der Waals surface area contributed by atoms with E-state index in [-0.39, 0.29) is 11.5 Å². The molecule has 0 fully saturated rings. The minimum Gasteiger partial charge on any atom is -0.477 e. The van der Waals surface area contributed by atoms with Crippen LogP contribution in [-0.2, 0) is 0 Å². The van der Waals surface area contributed by atoms with Crippen LogP contribution in [0.25, 0.3) is 0 Å². The second-order valence-corrected chi connectivity index (χ2v) is 4.92. The third-order valence-corrected chi connectivity index (χ3v) is 3.15. The second-order valence-electron chi connectivity index (χ2n) is 4.11. The van der Waals surface area contributed by atoms with Gasteiger partial charge in [-0.15, -0.1) is 0 Å². The number of hydrogen-bond acceptors (Lipinski definition) is 4. The molecule has 1 amide bonds. The summed E-state index contributed by atoms with van der Waals surface area (Å²) < 4.78 is 0.553. The summed E-state index contributed by atoms with van der Waals surface area (Å²) in [5, 5.41) is 11.6. The highest BCUT2D eigenvalue weighted by Crippen LogP contribution is 2.19. The molecule has 0 unspecified atom stereocenters. The quantitative estimate of drug-likeness (QED) is 0.794. The van der Waals surface area contributed by atoms with Crippen molar-refractivity contribution in [2.45, 2.75) is 13.8 Å². The number of aromatic nitrogens is 3. The van der Waals surface area contributed by atoms with E-state index >= 15 is 0 Å². The van der Waals surface area contributed by atoms with Crippen LogP contribution in [0.2, 0.25) is 0 Å². The molecule has 0 atom stereocenters. The number of rotatable bonds is 3. The van der Waals surface area contributed by atoms with Gasteiger partial charge in [-0.05, 0) is 35.3 Å². The Bertz CT molecular complexity index is 679. The van der Waals surface area contributed by atoms with Crippen LogP contribution in [0.15, 0.2) is 17.0 Å². The molecule has 0 aliphatic heterocycles. The fourth-order valence-electron chi connectivity index (χ4n) is 1.86. The van der Waals surface area contributed by atoms with E-state index in [9.17, 15) is 9.59 Å². The van der Waals surface area contributed by atoms with Crippen molar-refractivity contribution < 1.29 is 14.7 Å². The third-order valence-electron chi connectivity index (χ3n) is 2.74. The number of amides is 1. The molecule has 0 aliphatic carbocycles. The number of halogens is 1. The van der Waals surface area contributed by atoms with Gasteiger partial charge < -0.3 is 15.4 Å². The fraction of sp³-hybridized carbons (Fsp3) is 0.167. The molecule has 20 heavy (non-hydrogen) atoms. The first kappa shape index (κ1) is 14.2. The summed E-state index contributed by atoms with van der Waals surface area (Å²) in [5.41, 5.74) is 1.18. The number of carboxylic acid groups (broad SMARTS) is 1. The molecular weight excluding hydrogens is 328 g/mol. The standard InChI is InChI=1S/C12H11BrN4O3/c1-5-9(6(2)16-10(5)12(19)20)11(18)17-8-4-14-7(13)3-15-8/h3-4,16H,1-2H3,(H,19,20)(H,15,17,18). The lowest BCUT2D eigenvalue weighted by Crippen LogP contribution is -2.15. The number of aryl methyl sites for hydroxylation is 1. The smallest absolute Gasteiger partial charge is 0.352 e. The molecule has 0 spiro atoms. The Morgan fingerprint density at radius 3 is 2.50 bits per heavy atom. The van der Waals surface area contributed by atoms with Crippen molar-refractivity contribution in [3.05, 3.63) is 39.5 Å². The number of nitrogens with zero attached hydrogens (tertiary/aromatic N) is 2. The third kappa shape index (κ3) is 2.69. The van der Waals surface area contributed by atoms with Gasteiger partial charge in [0.25, 0.3) is 5.91 Å². The van der Waals surface area contributed by atoms with Crippen LogP contribution < -0.4 is 5.32 Å². The van der Waals surface area contributed by atoms with Gasteiger partial charge in [0.1, 0.15) is 10.3 Å². The maximum atomic E-state index is 12.2. The lowest BCUT2D eigenvalue weighted by Gasteiger charge is -2.04. The van der Waals surface area contributed by atoms with E-state index in [1.165, 1.54) is 12.4 Å². The number of H-pyrrole nitrogens is 1. The van der Waals surface area contributed by atoms with Crippen molar-refractivity contribution in [1.82, 2.24) is 15.0 Å². The Kier molecular flexibility index (Phi) is 3.84. The van der Waals surface area contributed by atoms with Gasteiger partial charge in [-0.1, -0.05) is 0 Å². The van der Waals surface area contributed by atoms with Crippen LogP contribution in [-0.4, -0.2) is 31.9 Å². The molecule has 0 aliphatic rings. The Morgan fingerprint density at radius 2 is 2.00 bits per heavy atom. The topological polar surface area (TPSA) is 108 Å². The molecule has 104 valence electrons. The van der Waals surface area contributed by atoms with Crippen LogP contribution in [0.4, 0.5) is 5.82 Å². The van der Waals surface area contributed by atoms with Crippen molar-refractivity contribution in [2.24, 2.45) is 0 Å². The molecule has 2 aromatic heterocycles. The minimum absolute atomic E-state index is 0.00883. The number of nitrogens with one attached hydrogen (secondary N) is 2. The second kappa shape index (κ2) is 5.41. The molecular formula is C12H11BrN4O3. The van der Waals surface area contributed by atoms with Crippen LogP contribution in [0, 0.1) is 13.8 Å². The molecule has 0 radical (unpaired) electrons. The monoisotopic (exact) mass is 338 g/mol. The van der Waals surface area contributed by atoms with Crippen LogP contribution in [0.1, 0.15) is 32.1 Å². The number of anilines is 1. The van der Waals surface area contributed by atoms with Crippen molar-refractivity contribution >= 4 is 33.6 Å². The Labute approximate surface area is 122 Å². The fourth-order valence-corrected chi connectivity index (χ4v) is 2.06. The first-order valence-electron chi connectivity index (χ1n) is 5.61. The molecule has 2 heterocycles. The summed E-state index contributed by atoms with van der Waals surface area (Å²) in [5.74, 6) is -1.25. The van der Waals surface area contributed by atoms with E-state index in [0.717, 1.165) is 0 Å². The molecule has 8 heteroatoms. The molecule has 0 saturated carbocycles. The predicted octanol–water partition coefficient (Wildman–Crippen LogP) is 2.13. The molecule has 0 bridgehead atoms. The van der Waals surface area contributed by atoms with Gasteiger partial charge in [0.15, 0.2) is 5.82 Å². The summed E-state index contributed by atoms with van der Waals surface area (Å²) in [4.78, 5) is 33.8. The highest BCUT2D eigenvalue weighted by molar-refractivity contribution is 9.10. The van der Waals surface area contributed by atoms with Crippen molar-refractivity contribution in [1.29, 1.82) is 0 Å². The molecule has 3 N–H and O–H groups in total. The zero-order valence-electron chi connectivity index (χ0n) is 10.7. The van der Waals surface area contributed by atoms with Gasteiger partial charge in [-0.25, -0.2) is 14.8 Å². The number of aromatic carboxylic acids is 1. The molecule has 2 aromatic rings. The van der Waals surface area contributed by atoms with Gasteiger partial charge in [0, 0.05) is 5.69 Å². The van der Waals surface area contributed by atoms with E-state index in [0.29, 0.717) is 21.4 Å². The number of aromatic amines is 1. The molecule has 7 nitrogen and oxygen atoms in total. The number of carbonyl (C=O) groups is 2. The highest BCUT2D eigenvalue weighted by Gasteiger charge is 2.21. The zero-order valence-corrected chi connectivity index (χ0v) is 12.3. The average Bonchev–Trinajstić information content (AvgIpc) is 2.68. The Hall–Kier alpha value is -2.22. The number of hydrogen-bond donors (Lipinski definition) is 3. The summed E-state index contributed by atoms with van der Waals surface area (Å²) in [6.07, 6.45) is 2.85. The van der Waals surface area contributed by atoms with Gasteiger partial charge in [0.2, 0.25) is 0 Å². The van der Waals surface area contributed by atoms with Crippen molar-refractivity contribution in [3.63, 3.8) is 0 Å². The van der Waals surface area contributed by atoms with E-state index in [4.69, 9.17) is 5.11 Å². The van der Waals surface area contributed by atoms with Crippen molar-refractivity contribution in [3.8, 4) is 0 Å². The molecule has 0 aromatic carbocycles. The first-order chi connectivity index (χ1) is 9.40. The Balaban J connectivity index is 2.30. The Morgan fingerprint density at radius 1 is 1.30 bits per heavy atom. The zero-order chi connectivity index (χ0) is 14.9. The lowest BCUT2D eigenvalue weighted by atomic mass is 10.1. The van der Waals surface area contributed by atoms with Crippen molar-refractivity contribution in [2.75, 3.05) is 5.32 Å². The summed E-state index contributed by atoms with van der Waals surface area (Å²) in [6, 6.07) is 0. The van der Waals surface area contributed by atoms with Gasteiger partial charge in [-0.3, -0.25) is 4.79 Å². The average molecular weight is 339 g/mol. The van der Waals surface area contributed by atoms with E-state index in [1.54, 1.807) is 13.8 Å². The summed E-state index contributed by atoms with van der Waals surface area (Å²) in [7, 11) is 0. The van der Waals surface area contributed by atoms with Gasteiger partial charge in [0.05, 0.1) is 18.0 Å². The van der Waals surface area contributed by atoms with Gasteiger partial charge in [-0.2, -0.15) is 0 Å². The number of carboxylic acids is 1. The predicted molar refractivity (Wildman–Crippen MR) is 74.9 cm³/mol. The first-order valence-corrected chi connectivity index (χ1v) is 6.40. The molecule has 2 rings (SSSR count).